The van der Waals surface area contributed by atoms with Crippen molar-refractivity contribution >= 4 is 44.0 Å². The van der Waals surface area contributed by atoms with E-state index in [0.717, 1.165) is 33.8 Å². The second-order valence-corrected chi connectivity index (χ2v) is 11.7. The van der Waals surface area contributed by atoms with Crippen LogP contribution in [0, 0.1) is 0 Å². The van der Waals surface area contributed by atoms with Gasteiger partial charge in [0.1, 0.15) is 0 Å². The van der Waals surface area contributed by atoms with E-state index in [4.69, 9.17) is 4.99 Å². The molecule has 0 aliphatic heterocycles. The zero-order valence-corrected chi connectivity index (χ0v) is 25.7. The smallest absolute Gasteiger partial charge is 0.0633 e. The van der Waals surface area contributed by atoms with Gasteiger partial charge in [-0.2, -0.15) is 0 Å². The molecule has 0 atom stereocenters. The van der Waals surface area contributed by atoms with Crippen LogP contribution in [0.3, 0.4) is 0 Å². The second kappa shape index (κ2) is 11.5. The summed E-state index contributed by atoms with van der Waals surface area (Å²) in [5.41, 5.74) is 12.1. The zero-order chi connectivity index (χ0) is 31.0. The largest absolute Gasteiger partial charge is 0.309 e. The van der Waals surface area contributed by atoms with Crippen molar-refractivity contribution in [3.63, 3.8) is 0 Å². The lowest BCUT2D eigenvalue weighted by molar-refractivity contribution is 1.18. The van der Waals surface area contributed by atoms with Crippen molar-refractivity contribution in [2.75, 3.05) is 0 Å². The first-order valence-electron chi connectivity index (χ1n) is 15.7. The Hall–Kier alpha value is -5.99. The molecule has 0 aliphatic rings. The summed E-state index contributed by atoms with van der Waals surface area (Å²) in [4.78, 5) is 4.85. The van der Waals surface area contributed by atoms with Crippen LogP contribution in [-0.4, -0.2) is 10.3 Å². The fraction of sp³-hybridized carbons (Fsp3) is 0.0227. The average molecular weight is 589 g/mol. The monoisotopic (exact) mass is 588 g/mol. The van der Waals surface area contributed by atoms with Gasteiger partial charge in [-0.1, -0.05) is 146 Å². The molecule has 8 rings (SSSR count). The molecular weight excluding hydrogens is 556 g/mol. The first-order valence-corrected chi connectivity index (χ1v) is 15.7. The first kappa shape index (κ1) is 27.6. The maximum atomic E-state index is 4.85. The van der Waals surface area contributed by atoms with Crippen molar-refractivity contribution in [3.05, 3.63) is 181 Å². The van der Waals surface area contributed by atoms with E-state index >= 15 is 0 Å². The summed E-state index contributed by atoms with van der Waals surface area (Å²) in [6, 6.07) is 58.2. The van der Waals surface area contributed by atoms with Gasteiger partial charge in [0.2, 0.25) is 0 Å². The van der Waals surface area contributed by atoms with Gasteiger partial charge < -0.3 is 4.57 Å². The Morgan fingerprint density at radius 2 is 1.02 bits per heavy atom. The number of fused-ring (bicyclic) bond motifs is 5. The molecule has 0 N–H and O–H groups in total. The van der Waals surface area contributed by atoms with Gasteiger partial charge in [0.15, 0.2) is 0 Å². The SMILES string of the molecule is C=C(/N=C(\C)c1ccc(-c2ccccc2)cc1)c1ccc(-c2ccc(-n3c4ccccc4c4c5ccccc5ccc43)cc2)cc1. The zero-order valence-electron chi connectivity index (χ0n) is 25.7. The fourth-order valence-corrected chi connectivity index (χ4v) is 6.54. The van der Waals surface area contributed by atoms with Crippen molar-refractivity contribution in [3.8, 4) is 27.9 Å². The van der Waals surface area contributed by atoms with Crippen LogP contribution in [0.5, 0.6) is 0 Å². The van der Waals surface area contributed by atoms with Crippen molar-refractivity contribution in [2.24, 2.45) is 4.99 Å². The van der Waals surface area contributed by atoms with Gasteiger partial charge in [0, 0.05) is 22.2 Å². The highest BCUT2D eigenvalue weighted by Gasteiger charge is 2.14. The van der Waals surface area contributed by atoms with E-state index in [9.17, 15) is 0 Å². The molecule has 8 aromatic rings. The third-order valence-electron chi connectivity index (χ3n) is 8.95. The fourth-order valence-electron chi connectivity index (χ4n) is 6.54. The molecule has 218 valence electrons. The molecule has 0 saturated carbocycles. The molecule has 0 radical (unpaired) electrons. The standard InChI is InChI=1S/C44H32N2/c1-30(32-16-20-35(21-17-32)34-10-4-3-5-11-34)45-31(2)33-18-22-36(23-19-33)37-24-27-39(28-25-37)46-42-15-9-8-14-41(42)44-40-13-7-6-12-38(40)26-29-43(44)46/h3-29H,2H2,1H3/b45-30+. The Kier molecular flexibility index (Phi) is 6.89. The minimum absolute atomic E-state index is 0.755. The van der Waals surface area contributed by atoms with E-state index in [-0.39, 0.29) is 0 Å². The van der Waals surface area contributed by atoms with Gasteiger partial charge in [0.25, 0.3) is 0 Å². The summed E-state index contributed by atoms with van der Waals surface area (Å²) in [5.74, 6) is 0. The summed E-state index contributed by atoms with van der Waals surface area (Å²) in [6.07, 6.45) is 0. The van der Waals surface area contributed by atoms with Gasteiger partial charge in [-0.05, 0) is 75.3 Å². The molecular formula is C44H32N2. The Labute approximate surface area is 269 Å². The van der Waals surface area contributed by atoms with Gasteiger partial charge in [0.05, 0.1) is 16.7 Å². The molecule has 0 saturated heterocycles. The molecule has 2 nitrogen and oxygen atoms in total. The second-order valence-electron chi connectivity index (χ2n) is 11.7. The average Bonchev–Trinajstić information content (AvgIpc) is 3.47. The highest BCUT2D eigenvalue weighted by Crippen LogP contribution is 2.37. The predicted molar refractivity (Wildman–Crippen MR) is 197 cm³/mol. The Morgan fingerprint density at radius 1 is 0.478 bits per heavy atom. The molecule has 0 bridgehead atoms. The van der Waals surface area contributed by atoms with E-state index < -0.39 is 0 Å². The van der Waals surface area contributed by atoms with Crippen molar-refractivity contribution in [1.82, 2.24) is 4.57 Å². The molecule has 1 heterocycles. The molecule has 1 aromatic heterocycles. The third kappa shape index (κ3) is 4.91. The Bertz CT molecular complexity index is 2390. The molecule has 0 spiro atoms. The minimum atomic E-state index is 0.755. The number of aromatic nitrogens is 1. The summed E-state index contributed by atoms with van der Waals surface area (Å²) < 4.78 is 2.38. The van der Waals surface area contributed by atoms with Crippen LogP contribution in [0.15, 0.2) is 175 Å². The highest BCUT2D eigenvalue weighted by atomic mass is 15.0. The number of aliphatic imine (C=N–C) groups is 1. The number of nitrogens with zero attached hydrogens (tertiary/aromatic N) is 2. The van der Waals surface area contributed by atoms with Gasteiger partial charge in [-0.25, -0.2) is 0 Å². The molecule has 0 fully saturated rings. The number of hydrogen-bond acceptors (Lipinski definition) is 1. The first-order chi connectivity index (χ1) is 22.6. The van der Waals surface area contributed by atoms with Crippen LogP contribution in [0.4, 0.5) is 0 Å². The van der Waals surface area contributed by atoms with Crippen LogP contribution in [0.2, 0.25) is 0 Å². The van der Waals surface area contributed by atoms with Crippen LogP contribution in [0.1, 0.15) is 18.1 Å². The maximum Gasteiger partial charge on any atom is 0.0633 e. The van der Waals surface area contributed by atoms with Crippen LogP contribution in [0.25, 0.3) is 66.2 Å². The summed E-state index contributed by atoms with van der Waals surface area (Å²) in [5, 5.41) is 5.12. The maximum absolute atomic E-state index is 4.85. The van der Waals surface area contributed by atoms with E-state index in [0.29, 0.717) is 0 Å². The van der Waals surface area contributed by atoms with Gasteiger partial charge in [-0.15, -0.1) is 0 Å². The van der Waals surface area contributed by atoms with E-state index in [1.165, 1.54) is 49.3 Å². The minimum Gasteiger partial charge on any atom is -0.309 e. The number of para-hydroxylation sites is 1. The Morgan fingerprint density at radius 3 is 1.72 bits per heavy atom. The van der Waals surface area contributed by atoms with Gasteiger partial charge >= 0.3 is 0 Å². The molecule has 46 heavy (non-hydrogen) atoms. The molecule has 2 heteroatoms. The summed E-state index contributed by atoms with van der Waals surface area (Å²) >= 11 is 0. The molecule has 0 unspecified atom stereocenters. The number of hydrogen-bond donors (Lipinski definition) is 0. The van der Waals surface area contributed by atoms with Crippen molar-refractivity contribution in [2.45, 2.75) is 6.92 Å². The summed E-state index contributed by atoms with van der Waals surface area (Å²) in [6.45, 7) is 6.32. The molecule has 0 amide bonds. The van der Waals surface area contributed by atoms with Crippen molar-refractivity contribution < 1.29 is 0 Å². The van der Waals surface area contributed by atoms with Gasteiger partial charge in [-0.3, -0.25) is 4.99 Å². The lowest BCUT2D eigenvalue weighted by Crippen LogP contribution is -1.95. The number of benzene rings is 7. The van der Waals surface area contributed by atoms with Crippen LogP contribution < -0.4 is 0 Å². The molecule has 7 aromatic carbocycles. The third-order valence-corrected chi connectivity index (χ3v) is 8.95. The quantitative estimate of drug-likeness (QED) is 0.172. The van der Waals surface area contributed by atoms with E-state index in [1.54, 1.807) is 0 Å². The van der Waals surface area contributed by atoms with Crippen molar-refractivity contribution in [1.29, 1.82) is 0 Å². The van der Waals surface area contributed by atoms with E-state index in [2.05, 4.69) is 169 Å². The number of rotatable bonds is 6. The topological polar surface area (TPSA) is 17.3 Å². The lowest BCUT2D eigenvalue weighted by Gasteiger charge is -2.10. The lowest BCUT2D eigenvalue weighted by atomic mass is 10.0. The highest BCUT2D eigenvalue weighted by molar-refractivity contribution is 6.21. The Balaban J connectivity index is 1.05. The van der Waals surface area contributed by atoms with Crippen LogP contribution >= 0.6 is 0 Å². The normalized spacial score (nSPS) is 11.8. The molecule has 0 aliphatic carbocycles. The van der Waals surface area contributed by atoms with Crippen LogP contribution in [-0.2, 0) is 0 Å². The summed E-state index contributed by atoms with van der Waals surface area (Å²) in [7, 11) is 0. The van der Waals surface area contributed by atoms with E-state index in [1.807, 2.05) is 13.0 Å². The predicted octanol–water partition coefficient (Wildman–Crippen LogP) is 11.8.